The predicted molar refractivity (Wildman–Crippen MR) is 145 cm³/mol. The normalized spacial score (nSPS) is 10.9. The van der Waals surface area contributed by atoms with Crippen molar-refractivity contribution in [2.75, 3.05) is 0 Å². The van der Waals surface area contributed by atoms with Crippen molar-refractivity contribution in [2.24, 2.45) is 5.92 Å². The third-order valence-electron chi connectivity index (χ3n) is 6.38. The van der Waals surface area contributed by atoms with E-state index in [0.29, 0.717) is 6.42 Å². The monoisotopic (exact) mass is 454 g/mol. The molecule has 0 aliphatic rings. The summed E-state index contributed by atoms with van der Waals surface area (Å²) >= 11 is 0. The quantitative estimate of drug-likeness (QED) is 0.147. The molecular weight excluding hydrogens is 392 g/mol. The zero-order valence-electron chi connectivity index (χ0n) is 22.9. The van der Waals surface area contributed by atoms with Crippen molar-refractivity contribution in [1.82, 2.24) is 0 Å². The van der Waals surface area contributed by atoms with Crippen LogP contribution in [0.5, 0.6) is 0 Å². The molecule has 2 nitrogen and oxygen atoms in total. The van der Waals surface area contributed by atoms with Gasteiger partial charge in [-0.15, -0.1) is 0 Å². The zero-order valence-corrected chi connectivity index (χ0v) is 22.9. The van der Waals surface area contributed by atoms with Crippen molar-refractivity contribution >= 4 is 5.97 Å². The zero-order chi connectivity index (χ0) is 24.1. The standard InChI is InChI=1S/C16H34.C14H28O2/c1-4-5-6-7-8-9-10-11-12-13-14-15-16(2)3;1-2-3-4-5-6-7-8-9-10-11-12-13-14(15)16/h16H,4-15H2,1-3H3;2-13H2,1H3,(H,15,16). The first-order valence-electron chi connectivity index (χ1n) is 14.8. The second-order valence-electron chi connectivity index (χ2n) is 10.4. The molecule has 0 aromatic rings. The van der Waals surface area contributed by atoms with Gasteiger partial charge in [0.05, 0.1) is 0 Å². The Hall–Kier alpha value is -0.530. The molecular formula is C30H62O2. The van der Waals surface area contributed by atoms with Crippen LogP contribution in [0.2, 0.25) is 0 Å². The average Bonchev–Trinajstić information content (AvgIpc) is 2.76. The minimum atomic E-state index is -0.657. The Labute approximate surface area is 203 Å². The van der Waals surface area contributed by atoms with Crippen molar-refractivity contribution < 1.29 is 9.90 Å². The van der Waals surface area contributed by atoms with E-state index in [1.165, 1.54) is 135 Å². The van der Waals surface area contributed by atoms with Crippen LogP contribution in [0, 0.1) is 5.92 Å². The van der Waals surface area contributed by atoms with E-state index in [2.05, 4.69) is 27.7 Å². The van der Waals surface area contributed by atoms with Crippen molar-refractivity contribution in [3.05, 3.63) is 0 Å². The second-order valence-corrected chi connectivity index (χ2v) is 10.4. The van der Waals surface area contributed by atoms with Crippen molar-refractivity contribution in [2.45, 2.75) is 182 Å². The molecule has 0 radical (unpaired) electrons. The third kappa shape index (κ3) is 36.8. The van der Waals surface area contributed by atoms with Crippen molar-refractivity contribution in [3.63, 3.8) is 0 Å². The summed E-state index contributed by atoms with van der Waals surface area (Å²) in [4.78, 5) is 10.3. The van der Waals surface area contributed by atoms with Gasteiger partial charge in [-0.2, -0.15) is 0 Å². The molecule has 0 spiro atoms. The predicted octanol–water partition coefficient (Wildman–Crippen LogP) is 11.1. The number of hydrogen-bond acceptors (Lipinski definition) is 1. The average molecular weight is 455 g/mol. The Morgan fingerprint density at radius 2 is 0.781 bits per heavy atom. The van der Waals surface area contributed by atoms with E-state index >= 15 is 0 Å². The highest BCUT2D eigenvalue weighted by Gasteiger charge is 1.97. The number of aliphatic carboxylic acids is 1. The second kappa shape index (κ2) is 30.5. The molecule has 0 rings (SSSR count). The van der Waals surface area contributed by atoms with Crippen LogP contribution in [0.15, 0.2) is 0 Å². The Morgan fingerprint density at radius 3 is 1.06 bits per heavy atom. The number of unbranched alkanes of at least 4 members (excludes halogenated alkanes) is 20. The molecule has 194 valence electrons. The first-order valence-corrected chi connectivity index (χ1v) is 14.8. The molecule has 0 saturated heterocycles. The largest absolute Gasteiger partial charge is 0.481 e. The lowest BCUT2D eigenvalue weighted by Gasteiger charge is -2.04. The van der Waals surface area contributed by atoms with Gasteiger partial charge in [0.25, 0.3) is 0 Å². The maximum Gasteiger partial charge on any atom is 0.303 e. The molecule has 0 aromatic heterocycles. The van der Waals surface area contributed by atoms with Crippen LogP contribution in [-0.4, -0.2) is 11.1 Å². The van der Waals surface area contributed by atoms with E-state index in [1.807, 2.05) is 0 Å². The number of carboxylic acids is 1. The molecule has 0 bridgehead atoms. The lowest BCUT2D eigenvalue weighted by molar-refractivity contribution is -0.137. The SMILES string of the molecule is CCCCCCCCCCCCCC(=O)O.CCCCCCCCCCCCCC(C)C. The lowest BCUT2D eigenvalue weighted by Crippen LogP contribution is -1.93. The highest BCUT2D eigenvalue weighted by Crippen LogP contribution is 2.14. The molecule has 0 saturated carbocycles. The molecule has 0 amide bonds. The minimum absolute atomic E-state index is 0.344. The smallest absolute Gasteiger partial charge is 0.303 e. The van der Waals surface area contributed by atoms with Crippen LogP contribution in [-0.2, 0) is 4.79 Å². The maximum atomic E-state index is 10.3. The number of rotatable bonds is 24. The first kappa shape index (κ1) is 33.6. The van der Waals surface area contributed by atoms with Crippen LogP contribution in [0.3, 0.4) is 0 Å². The number of carboxylic acid groups (broad SMARTS) is 1. The summed E-state index contributed by atoms with van der Waals surface area (Å²) in [5, 5.41) is 8.46. The van der Waals surface area contributed by atoms with Crippen molar-refractivity contribution in [3.8, 4) is 0 Å². The summed E-state index contributed by atoms with van der Waals surface area (Å²) < 4.78 is 0. The Kier molecular flexibility index (Phi) is 32.0. The summed E-state index contributed by atoms with van der Waals surface area (Å²) in [6, 6.07) is 0. The summed E-state index contributed by atoms with van der Waals surface area (Å²) in [7, 11) is 0. The summed E-state index contributed by atoms with van der Waals surface area (Å²) in [5.41, 5.74) is 0. The van der Waals surface area contributed by atoms with Gasteiger partial charge >= 0.3 is 5.97 Å². The van der Waals surface area contributed by atoms with Gasteiger partial charge in [0.15, 0.2) is 0 Å². The third-order valence-corrected chi connectivity index (χ3v) is 6.38. The van der Waals surface area contributed by atoms with E-state index in [4.69, 9.17) is 5.11 Å². The number of carbonyl (C=O) groups is 1. The van der Waals surface area contributed by atoms with Gasteiger partial charge in [-0.3, -0.25) is 4.79 Å². The fourth-order valence-corrected chi connectivity index (χ4v) is 4.16. The van der Waals surface area contributed by atoms with Crippen molar-refractivity contribution in [1.29, 1.82) is 0 Å². The van der Waals surface area contributed by atoms with Gasteiger partial charge in [0.2, 0.25) is 0 Å². The molecule has 0 heterocycles. The molecule has 2 heteroatoms. The van der Waals surface area contributed by atoms with Gasteiger partial charge in [0.1, 0.15) is 0 Å². The van der Waals surface area contributed by atoms with Crippen LogP contribution >= 0.6 is 0 Å². The van der Waals surface area contributed by atoms with E-state index in [-0.39, 0.29) is 0 Å². The van der Waals surface area contributed by atoms with Crippen LogP contribution in [0.4, 0.5) is 0 Å². The summed E-state index contributed by atoms with van der Waals surface area (Å²) in [5.74, 6) is 0.245. The van der Waals surface area contributed by atoms with E-state index in [9.17, 15) is 4.79 Å². The van der Waals surface area contributed by atoms with Gasteiger partial charge in [-0.1, -0.05) is 169 Å². The Balaban J connectivity index is 0. The van der Waals surface area contributed by atoms with Gasteiger partial charge < -0.3 is 5.11 Å². The Bertz CT molecular complexity index is 338. The number of hydrogen-bond donors (Lipinski definition) is 1. The van der Waals surface area contributed by atoms with Crippen LogP contribution in [0.25, 0.3) is 0 Å². The minimum Gasteiger partial charge on any atom is -0.481 e. The van der Waals surface area contributed by atoms with Gasteiger partial charge in [0, 0.05) is 6.42 Å². The summed E-state index contributed by atoms with van der Waals surface area (Å²) in [6.45, 7) is 9.20. The highest BCUT2D eigenvalue weighted by atomic mass is 16.4. The van der Waals surface area contributed by atoms with Gasteiger partial charge in [-0.05, 0) is 12.3 Å². The van der Waals surface area contributed by atoms with E-state index in [1.54, 1.807) is 0 Å². The van der Waals surface area contributed by atoms with Crippen LogP contribution < -0.4 is 0 Å². The van der Waals surface area contributed by atoms with E-state index < -0.39 is 5.97 Å². The van der Waals surface area contributed by atoms with Crippen LogP contribution in [0.1, 0.15) is 182 Å². The molecule has 0 aliphatic heterocycles. The molecule has 1 N–H and O–H groups in total. The fourth-order valence-electron chi connectivity index (χ4n) is 4.16. The maximum absolute atomic E-state index is 10.3. The highest BCUT2D eigenvalue weighted by molar-refractivity contribution is 5.66. The van der Waals surface area contributed by atoms with Gasteiger partial charge in [-0.25, -0.2) is 0 Å². The first-order chi connectivity index (χ1) is 15.5. The molecule has 0 aromatic carbocycles. The fraction of sp³-hybridized carbons (Fsp3) is 0.967. The molecule has 32 heavy (non-hydrogen) atoms. The molecule has 0 unspecified atom stereocenters. The van der Waals surface area contributed by atoms with E-state index in [0.717, 1.165) is 18.8 Å². The lowest BCUT2D eigenvalue weighted by atomic mass is 10.0. The Morgan fingerprint density at radius 1 is 0.500 bits per heavy atom. The molecule has 0 aliphatic carbocycles. The molecule has 0 fully saturated rings. The topological polar surface area (TPSA) is 37.3 Å². The summed E-state index contributed by atoms with van der Waals surface area (Å²) in [6.07, 6.45) is 31.8. The molecule has 0 atom stereocenters.